The van der Waals surface area contributed by atoms with Gasteiger partial charge in [-0.05, 0) is 129 Å². The van der Waals surface area contributed by atoms with Gasteiger partial charge in [-0.3, -0.25) is 4.57 Å². The number of nitrogens with zero attached hydrogens (tertiary/aromatic N) is 9. The standard InChI is InChI=1S/C49H31N5.C34H22N2.C15H10ClN3.CH4/c1-4-16-32(17-5-1)47-50-48(33-18-6-2-7-19-33)52-49(51-47)54-43-27-15-13-25-39(43)41-30-34-20-10-11-23-37(34)45(46(41)54)35-28-29-44-40(31-35)38-24-12-14-26-42(38)53(44)36-21-8-3-9-22-36;1-2-11-24(12-3-1)36-31-17-9-7-15-27(31)28-21-23(18-19-32(28)36)33-25-13-5-4-10-22(25)20-29-26-14-6-8-16-30(26)35-34(29)33;16-15-18-13(11-7-3-1-4-8-11)17-14(19-15)12-9-5-2-6-10-12;/h1-31H;1-21,35H;1-10H;1H4. The van der Waals surface area contributed by atoms with Crippen molar-refractivity contribution in [3.8, 4) is 85.1 Å². The number of rotatable bonds is 9. The van der Waals surface area contributed by atoms with Gasteiger partial charge < -0.3 is 14.1 Å². The Kier molecular flexibility index (Phi) is 16.9. The minimum Gasteiger partial charge on any atom is -0.354 e. The molecule has 0 fully saturated rings. The van der Waals surface area contributed by atoms with Gasteiger partial charge in [0.1, 0.15) is 0 Å². The fourth-order valence-electron chi connectivity index (χ4n) is 15.9. The third-order valence-electron chi connectivity index (χ3n) is 20.7. The van der Waals surface area contributed by atoms with E-state index in [0.29, 0.717) is 29.2 Å². The Morgan fingerprint density at radius 1 is 0.236 bits per heavy atom. The number of benzene rings is 16. The van der Waals surface area contributed by atoms with Crippen molar-refractivity contribution in [2.45, 2.75) is 7.43 Å². The van der Waals surface area contributed by atoms with Gasteiger partial charge in [0.05, 0.1) is 38.6 Å². The van der Waals surface area contributed by atoms with E-state index >= 15 is 0 Å². The molecule has 10 nitrogen and oxygen atoms in total. The average Bonchev–Trinajstić information content (AvgIpc) is 1.55. The van der Waals surface area contributed by atoms with E-state index in [1.54, 1.807) is 0 Å². The second-order valence-corrected chi connectivity index (χ2v) is 27.5. The molecular weight excluding hydrogens is 1360 g/mol. The number of fused-ring (bicyclic) bond motifs is 14. The van der Waals surface area contributed by atoms with Crippen LogP contribution in [-0.2, 0) is 0 Å². The summed E-state index contributed by atoms with van der Waals surface area (Å²) in [5, 5.41) is 14.9. The lowest BCUT2D eigenvalue weighted by molar-refractivity contribution is 0.954. The van der Waals surface area contributed by atoms with Crippen LogP contribution < -0.4 is 0 Å². The maximum Gasteiger partial charge on any atom is 0.238 e. The average molecular weight is 1430 g/mol. The second kappa shape index (κ2) is 28.1. The predicted molar refractivity (Wildman–Crippen MR) is 458 cm³/mol. The second-order valence-electron chi connectivity index (χ2n) is 27.1. The van der Waals surface area contributed by atoms with Gasteiger partial charge in [0.15, 0.2) is 23.3 Å². The molecule has 0 unspecified atom stereocenters. The fraction of sp³-hybridized carbons (Fsp3) is 0.0101. The van der Waals surface area contributed by atoms with Crippen molar-refractivity contribution in [3.05, 3.63) is 381 Å². The molecule has 22 rings (SSSR count). The highest BCUT2D eigenvalue weighted by atomic mass is 35.5. The zero-order valence-electron chi connectivity index (χ0n) is 58.7. The first-order valence-corrected chi connectivity index (χ1v) is 36.8. The molecule has 6 aromatic heterocycles. The first-order chi connectivity index (χ1) is 54.0. The summed E-state index contributed by atoms with van der Waals surface area (Å²) in [6.07, 6.45) is 0. The molecule has 0 atom stereocenters. The maximum absolute atomic E-state index is 5.99. The Bertz CT molecular complexity index is 7110. The van der Waals surface area contributed by atoms with Crippen LogP contribution in [0.25, 0.3) is 194 Å². The summed E-state index contributed by atoms with van der Waals surface area (Å²) in [4.78, 5) is 32.1. The highest BCUT2D eigenvalue weighted by Gasteiger charge is 2.25. The largest absolute Gasteiger partial charge is 0.354 e. The van der Waals surface area contributed by atoms with Gasteiger partial charge in [-0.15, -0.1) is 0 Å². The molecule has 0 aliphatic heterocycles. The van der Waals surface area contributed by atoms with Gasteiger partial charge >= 0.3 is 0 Å². The zero-order valence-corrected chi connectivity index (χ0v) is 59.5. The summed E-state index contributed by atoms with van der Waals surface area (Å²) < 4.78 is 6.99. The molecule has 0 saturated heterocycles. The Labute approximate surface area is 638 Å². The number of hydrogen-bond acceptors (Lipinski definition) is 6. The van der Waals surface area contributed by atoms with Crippen LogP contribution in [0.15, 0.2) is 376 Å². The Morgan fingerprint density at radius 2 is 0.573 bits per heavy atom. The smallest absolute Gasteiger partial charge is 0.238 e. The van der Waals surface area contributed by atoms with Gasteiger partial charge in [-0.25, -0.2) is 9.97 Å². The Balaban J connectivity index is 0.000000125. The van der Waals surface area contributed by atoms with Gasteiger partial charge in [-0.1, -0.05) is 299 Å². The van der Waals surface area contributed by atoms with Gasteiger partial charge in [0, 0.05) is 93.4 Å². The third kappa shape index (κ3) is 11.7. The molecule has 0 saturated carbocycles. The molecule has 16 aromatic carbocycles. The van der Waals surface area contributed by atoms with Crippen molar-refractivity contribution in [1.29, 1.82) is 0 Å². The van der Waals surface area contributed by atoms with E-state index in [-0.39, 0.29) is 12.7 Å². The summed E-state index contributed by atoms with van der Waals surface area (Å²) in [7, 11) is 0. The first kappa shape index (κ1) is 66.2. The first-order valence-electron chi connectivity index (χ1n) is 36.4. The van der Waals surface area contributed by atoms with E-state index in [2.05, 4.69) is 313 Å². The topological polar surface area (TPSA) is 108 Å². The number of aromatic amines is 1. The van der Waals surface area contributed by atoms with Crippen LogP contribution in [-0.4, -0.2) is 48.6 Å². The van der Waals surface area contributed by atoms with Gasteiger partial charge in [-0.2, -0.15) is 19.9 Å². The Morgan fingerprint density at radius 3 is 1.04 bits per heavy atom. The number of nitrogens with one attached hydrogen (secondary N) is 1. The summed E-state index contributed by atoms with van der Waals surface area (Å²) in [5.41, 5.74) is 20.1. The molecule has 0 aliphatic carbocycles. The monoisotopic (exact) mass is 1430 g/mol. The summed E-state index contributed by atoms with van der Waals surface area (Å²) in [6, 6.07) is 132. The van der Waals surface area contributed by atoms with E-state index in [4.69, 9.17) is 26.6 Å². The van der Waals surface area contributed by atoms with Crippen molar-refractivity contribution in [1.82, 2.24) is 48.6 Å². The van der Waals surface area contributed by atoms with E-state index in [0.717, 1.165) is 60.9 Å². The lowest BCUT2D eigenvalue weighted by Crippen LogP contribution is -2.07. The van der Waals surface area contributed by atoms with Crippen molar-refractivity contribution < 1.29 is 0 Å². The van der Waals surface area contributed by atoms with Crippen LogP contribution in [0.5, 0.6) is 0 Å². The lowest BCUT2D eigenvalue weighted by atomic mass is 9.94. The fourth-order valence-corrected chi connectivity index (χ4v) is 16.0. The van der Waals surface area contributed by atoms with Gasteiger partial charge in [0.2, 0.25) is 11.2 Å². The molecule has 0 bridgehead atoms. The van der Waals surface area contributed by atoms with Crippen LogP contribution in [0.4, 0.5) is 0 Å². The molecule has 0 radical (unpaired) electrons. The molecule has 0 amide bonds. The number of H-pyrrole nitrogens is 1. The van der Waals surface area contributed by atoms with Crippen molar-refractivity contribution >= 4 is 120 Å². The van der Waals surface area contributed by atoms with Crippen LogP contribution in [0.1, 0.15) is 7.43 Å². The SMILES string of the molecule is C.Clc1nc(-c2ccccc2)nc(-c2ccccc2)n1.c1ccc(-c2nc(-c3ccccc3)nc(-n3c4ccccc4c4cc5ccccc5c(-c5ccc6c(c5)c5ccccc5n6-c5ccccc5)c43)n2)cc1.c1ccc(-n2c3ccccc3c3cc(-c4c5ccccc5cc5c4[nH]c4ccccc45)ccc32)cc1. The molecule has 6 heterocycles. The van der Waals surface area contributed by atoms with Gasteiger partial charge in [0.25, 0.3) is 0 Å². The summed E-state index contributed by atoms with van der Waals surface area (Å²) in [6.45, 7) is 0. The Hall–Kier alpha value is -14.5. The number of hydrogen-bond donors (Lipinski definition) is 1. The minimum absolute atomic E-state index is 0. The summed E-state index contributed by atoms with van der Waals surface area (Å²) >= 11 is 5.99. The molecule has 22 aromatic rings. The predicted octanol–water partition coefficient (Wildman–Crippen LogP) is 26.0. The molecule has 11 heteroatoms. The molecule has 1 N–H and O–H groups in total. The third-order valence-corrected chi connectivity index (χ3v) is 20.9. The van der Waals surface area contributed by atoms with E-state index in [9.17, 15) is 0 Å². The van der Waals surface area contributed by atoms with E-state index in [1.165, 1.54) is 104 Å². The normalized spacial score (nSPS) is 11.4. The maximum atomic E-state index is 5.99. The molecule has 0 spiro atoms. The summed E-state index contributed by atoms with van der Waals surface area (Å²) in [5.74, 6) is 3.00. The molecule has 520 valence electrons. The molecule has 110 heavy (non-hydrogen) atoms. The lowest BCUT2D eigenvalue weighted by Gasteiger charge is -2.15. The number of halogens is 1. The zero-order chi connectivity index (χ0) is 72.3. The minimum atomic E-state index is 0. The quantitative estimate of drug-likeness (QED) is 0.154. The number of para-hydroxylation sites is 6. The van der Waals surface area contributed by atoms with Crippen LogP contribution in [0.2, 0.25) is 5.28 Å². The van der Waals surface area contributed by atoms with Crippen LogP contribution in [0, 0.1) is 0 Å². The van der Waals surface area contributed by atoms with Crippen molar-refractivity contribution in [2.75, 3.05) is 0 Å². The molecule has 0 aliphatic rings. The van der Waals surface area contributed by atoms with E-state index in [1.807, 2.05) is 97.1 Å². The van der Waals surface area contributed by atoms with Crippen LogP contribution in [0.3, 0.4) is 0 Å². The van der Waals surface area contributed by atoms with Crippen LogP contribution >= 0.6 is 11.6 Å². The molecular formula is C99H67ClN10. The number of aromatic nitrogens is 10. The highest BCUT2D eigenvalue weighted by molar-refractivity contribution is 6.28. The van der Waals surface area contributed by atoms with Crippen molar-refractivity contribution in [2.24, 2.45) is 0 Å². The highest BCUT2D eigenvalue weighted by Crippen LogP contribution is 2.46. The van der Waals surface area contributed by atoms with Crippen molar-refractivity contribution in [3.63, 3.8) is 0 Å². The van der Waals surface area contributed by atoms with E-state index < -0.39 is 0 Å².